The summed E-state index contributed by atoms with van der Waals surface area (Å²) in [5.41, 5.74) is 0.522. The maximum atomic E-state index is 14.6. The number of carbonyl (C=O) groups excluding carboxylic acids is 11. The summed E-state index contributed by atoms with van der Waals surface area (Å²) in [6, 6.07) is -6.39. The first-order valence-corrected chi connectivity index (χ1v) is 36.7. The summed E-state index contributed by atoms with van der Waals surface area (Å²) in [5.74, 6) is -24.2. The third-order valence-corrected chi connectivity index (χ3v) is 17.7. The van der Waals surface area contributed by atoms with Gasteiger partial charge in [-0.1, -0.05) is 52.0 Å². The summed E-state index contributed by atoms with van der Waals surface area (Å²) in [6.45, 7) is 2.46. The molecule has 1 heterocycles. The van der Waals surface area contributed by atoms with E-state index >= 15 is 0 Å². The summed E-state index contributed by atoms with van der Waals surface area (Å²) in [5, 5.41) is 121. The molecule has 0 radical (unpaired) electrons. The molecule has 626 valence electrons. The molecule has 1 aliphatic rings. The number of phenolic OH excluding ortho intramolecular Hbond substituents is 2. The van der Waals surface area contributed by atoms with Crippen molar-refractivity contribution >= 4 is 132 Å². The maximum absolute atomic E-state index is 14.6. The van der Waals surface area contributed by atoms with Crippen molar-refractivity contribution in [2.24, 2.45) is 11.8 Å². The molecule has 0 bridgehead atoms. The SMILES string of the molecule is CC(C)C[C@H](NC(=O)[C@H](CS)NC(=O)[C@@H](NC(=O)CNC(=O)[C@H](Cc1ccc(O)cc1)NC(=O)[C@H](Cc1ccc(O)cc1)NC(=O)[C@H](CC(=O)O)NC(=O)[C@H](CS)NC(=O)[C@@H]1CCCN1C(=O)[C@H](CC(C)C)NC(=O)CN(CCN(CCN(CC(=O)O)CC(=O)O)CC(=O)O)CC(=O)O)[C@@H](C)O)C(=O)N[C@@H](CC(=O)O)C(=O)O. The van der Waals surface area contributed by atoms with E-state index in [0.717, 1.165) is 21.6 Å². The Balaban J connectivity index is 1.86. The lowest BCUT2D eigenvalue weighted by molar-refractivity contribution is -0.147. The van der Waals surface area contributed by atoms with Gasteiger partial charge in [-0.3, -0.25) is 96.2 Å². The van der Waals surface area contributed by atoms with Crippen LogP contribution in [0.5, 0.6) is 11.5 Å². The molecular weight excluding hydrogens is 1540 g/mol. The molecule has 0 spiro atoms. The van der Waals surface area contributed by atoms with Crippen molar-refractivity contribution in [2.75, 3.05) is 83.5 Å². The van der Waals surface area contributed by atoms with Gasteiger partial charge < -0.3 is 109 Å². The molecule has 0 saturated carbocycles. The molecule has 44 heteroatoms. The summed E-state index contributed by atoms with van der Waals surface area (Å²) in [6.07, 6.45) is -4.66. The van der Waals surface area contributed by atoms with Gasteiger partial charge in [-0.15, -0.1) is 0 Å². The Morgan fingerprint density at radius 1 is 0.425 bits per heavy atom. The zero-order valence-corrected chi connectivity index (χ0v) is 64.3. The van der Waals surface area contributed by atoms with Gasteiger partial charge >= 0.3 is 41.8 Å². The standard InChI is InChI=1S/C69H100N14O28S2/c1-35(2)21-42(61(102)76-47(69(110)111)26-54(91)92)72-65(106)49(34-113)78-67(108)59(37(5)84)79-51(87)27-70-60(101)43(23-38-8-12-40(85)13-9-38)73-62(103)44(24-39-10-14-41(86)15-11-39)74-63(104)45(25-53(89)90)75-64(105)48(33-112)77-66(107)50-7-6-16-83(50)68(109)46(22-36(3)4)71-52(88)28-81(30-56(95)96)19-17-80(29-55(93)94)18-20-82(31-57(97)98)32-58(99)100/h8-15,35-37,42-50,59,84-86,112-113H,6-7,16-34H2,1-5H3,(H,70,101)(H,71,88)(H,72,106)(H,73,103)(H,74,104)(H,75,105)(H,76,102)(H,77,107)(H,78,108)(H,79,87)(H,89,90)(H,91,92)(H,93,94)(H,95,96)(H,97,98)(H,99,100)(H,110,111)/t37-,42+,43+,44+,45+,46+,47+,48+,49+,50+,59+/m1/s1. The third kappa shape index (κ3) is 35.9. The van der Waals surface area contributed by atoms with Gasteiger partial charge in [0.25, 0.3) is 0 Å². The lowest BCUT2D eigenvalue weighted by atomic mass is 10.0. The van der Waals surface area contributed by atoms with E-state index in [4.69, 9.17) is 5.11 Å². The summed E-state index contributed by atoms with van der Waals surface area (Å²) >= 11 is 8.33. The Morgan fingerprint density at radius 3 is 1.26 bits per heavy atom. The number of aromatic hydroxyl groups is 2. The lowest BCUT2D eigenvalue weighted by Crippen LogP contribution is -2.61. The van der Waals surface area contributed by atoms with Crippen LogP contribution in [-0.2, 0) is 99.1 Å². The number of carboxylic acid groups (broad SMARTS) is 7. The fourth-order valence-corrected chi connectivity index (χ4v) is 12.0. The molecule has 113 heavy (non-hydrogen) atoms. The molecule has 0 unspecified atom stereocenters. The van der Waals surface area contributed by atoms with Crippen molar-refractivity contribution < 1.29 is 137 Å². The van der Waals surface area contributed by atoms with Gasteiger partial charge in [0.15, 0.2) is 0 Å². The smallest absolute Gasteiger partial charge is 0.326 e. The van der Waals surface area contributed by atoms with Crippen molar-refractivity contribution in [2.45, 2.75) is 153 Å². The van der Waals surface area contributed by atoms with E-state index in [1.807, 2.05) is 0 Å². The summed E-state index contributed by atoms with van der Waals surface area (Å²) in [7, 11) is 0. The number of hydrogen-bond acceptors (Lipinski definition) is 26. The van der Waals surface area contributed by atoms with Gasteiger partial charge in [-0.25, -0.2) is 4.79 Å². The Kier molecular flexibility index (Phi) is 40.9. The lowest BCUT2D eigenvalue weighted by Gasteiger charge is -2.31. The van der Waals surface area contributed by atoms with Crippen molar-refractivity contribution in [3.8, 4) is 11.5 Å². The van der Waals surface area contributed by atoms with Crippen LogP contribution in [0.3, 0.4) is 0 Å². The third-order valence-electron chi connectivity index (χ3n) is 16.9. The van der Waals surface area contributed by atoms with Crippen LogP contribution in [0.15, 0.2) is 48.5 Å². The number of benzene rings is 2. The van der Waals surface area contributed by atoms with Crippen molar-refractivity contribution in [3.63, 3.8) is 0 Å². The number of carbonyl (C=O) groups is 18. The highest BCUT2D eigenvalue weighted by Gasteiger charge is 2.41. The van der Waals surface area contributed by atoms with Crippen LogP contribution in [0.4, 0.5) is 0 Å². The van der Waals surface area contributed by atoms with Gasteiger partial charge in [0.1, 0.15) is 71.9 Å². The summed E-state index contributed by atoms with van der Waals surface area (Å²) < 4.78 is 0. The number of aliphatic carboxylic acids is 7. The molecule has 2 aromatic carbocycles. The average Bonchev–Trinajstić information content (AvgIpc) is 1.73. The van der Waals surface area contributed by atoms with Gasteiger partial charge in [0, 0.05) is 57.1 Å². The highest BCUT2D eigenvalue weighted by atomic mass is 32.1. The number of nitrogens with zero attached hydrogens (tertiary/aromatic N) is 4. The second-order valence-electron chi connectivity index (χ2n) is 27.4. The minimum absolute atomic E-state index is 0.00910. The number of aliphatic hydroxyl groups is 1. The Hall–Kier alpha value is -11.0. The fraction of sp³-hybridized carbons (Fsp3) is 0.565. The van der Waals surface area contributed by atoms with Crippen LogP contribution in [-0.4, -0.2) is 327 Å². The van der Waals surface area contributed by atoms with E-state index < -0.39 is 250 Å². The molecule has 0 aromatic heterocycles. The van der Waals surface area contributed by atoms with Crippen LogP contribution in [0.1, 0.15) is 84.3 Å². The van der Waals surface area contributed by atoms with Crippen LogP contribution >= 0.6 is 25.3 Å². The van der Waals surface area contributed by atoms with Gasteiger partial charge in [0.2, 0.25) is 65.0 Å². The first kappa shape index (κ1) is 96.2. The highest BCUT2D eigenvalue weighted by Crippen LogP contribution is 2.22. The number of rotatable bonds is 52. The molecule has 42 nitrogen and oxygen atoms in total. The first-order valence-electron chi connectivity index (χ1n) is 35.4. The van der Waals surface area contributed by atoms with E-state index in [1.165, 1.54) is 53.4 Å². The number of phenols is 2. The molecule has 20 N–H and O–H groups in total. The van der Waals surface area contributed by atoms with E-state index in [-0.39, 0.29) is 92.9 Å². The van der Waals surface area contributed by atoms with E-state index in [2.05, 4.69) is 78.4 Å². The number of hydrogen-bond donors (Lipinski definition) is 22. The second kappa shape index (κ2) is 48.1. The number of likely N-dealkylation sites (tertiary alicyclic amines) is 1. The number of amides is 11. The Labute approximate surface area is 658 Å². The van der Waals surface area contributed by atoms with Gasteiger partial charge in [-0.05, 0) is 79.8 Å². The monoisotopic (exact) mass is 1640 g/mol. The molecule has 3 rings (SSSR count). The Bertz CT molecular complexity index is 3670. The quantitative estimate of drug-likeness (QED) is 0.0274. The molecule has 1 saturated heterocycles. The van der Waals surface area contributed by atoms with E-state index in [9.17, 15) is 132 Å². The molecule has 11 atom stereocenters. The van der Waals surface area contributed by atoms with Crippen LogP contribution in [0, 0.1) is 11.8 Å². The molecule has 11 amide bonds. The number of carboxylic acids is 7. The van der Waals surface area contributed by atoms with Crippen LogP contribution in [0.25, 0.3) is 0 Å². The first-order chi connectivity index (χ1) is 53.0. The van der Waals surface area contributed by atoms with E-state index in [1.54, 1.807) is 27.7 Å². The summed E-state index contributed by atoms with van der Waals surface area (Å²) in [4.78, 5) is 240. The minimum Gasteiger partial charge on any atom is -0.508 e. The predicted molar refractivity (Wildman–Crippen MR) is 399 cm³/mol. The zero-order valence-electron chi connectivity index (χ0n) is 62.5. The maximum Gasteiger partial charge on any atom is 0.326 e. The average molecular weight is 1640 g/mol. The highest BCUT2D eigenvalue weighted by molar-refractivity contribution is 7.80. The molecule has 1 aliphatic heterocycles. The normalized spacial score (nSPS) is 15.3. The Morgan fingerprint density at radius 2 is 0.805 bits per heavy atom. The molecule has 1 fully saturated rings. The minimum atomic E-state index is -2.06. The topological polar surface area (TPSA) is 643 Å². The second-order valence-corrected chi connectivity index (χ2v) is 28.1. The number of thiol groups is 2. The van der Waals surface area contributed by atoms with E-state index in [0.29, 0.717) is 0 Å². The zero-order chi connectivity index (χ0) is 85.1. The van der Waals surface area contributed by atoms with Crippen LogP contribution in [0.2, 0.25) is 0 Å². The molecule has 2 aromatic rings. The number of aliphatic hydroxyl groups excluding tert-OH is 1. The fourth-order valence-electron chi connectivity index (χ4n) is 11.5. The predicted octanol–water partition coefficient (Wildman–Crippen LogP) is -6.04. The van der Waals surface area contributed by atoms with Crippen LogP contribution < -0.4 is 53.2 Å². The van der Waals surface area contributed by atoms with Crippen molar-refractivity contribution in [1.82, 2.24) is 72.8 Å². The van der Waals surface area contributed by atoms with Crippen molar-refractivity contribution in [3.05, 3.63) is 59.7 Å². The van der Waals surface area contributed by atoms with Crippen molar-refractivity contribution in [1.29, 1.82) is 0 Å². The molecule has 0 aliphatic carbocycles. The molecular formula is C69H100N14O28S2. The van der Waals surface area contributed by atoms with Gasteiger partial charge in [-0.2, -0.15) is 25.3 Å². The largest absolute Gasteiger partial charge is 0.508 e. The number of nitrogens with one attached hydrogen (secondary N) is 10. The van der Waals surface area contributed by atoms with Gasteiger partial charge in [0.05, 0.1) is 58.2 Å².